The number of aryl methyl sites for hydroxylation is 2. The van der Waals surface area contributed by atoms with Gasteiger partial charge in [-0.1, -0.05) is 19.0 Å². The van der Waals surface area contributed by atoms with Gasteiger partial charge in [-0.2, -0.15) is 5.10 Å². The molecule has 0 N–H and O–H groups in total. The molecule has 0 unspecified atom stereocenters. The summed E-state index contributed by atoms with van der Waals surface area (Å²) in [6, 6.07) is 1.95. The average molecular weight is 331 g/mol. The van der Waals surface area contributed by atoms with Crippen LogP contribution in [0.2, 0.25) is 0 Å². The van der Waals surface area contributed by atoms with E-state index >= 15 is 0 Å². The van der Waals surface area contributed by atoms with Crippen LogP contribution < -0.4 is 0 Å². The van der Waals surface area contributed by atoms with Crippen molar-refractivity contribution in [1.82, 2.24) is 24.8 Å². The number of likely N-dealkylation sites (tertiary alicyclic amines) is 1. The molecule has 2 atom stereocenters. The Balaban J connectivity index is 1.73. The van der Waals surface area contributed by atoms with Gasteiger partial charge in [0, 0.05) is 25.1 Å². The third kappa shape index (κ3) is 3.20. The number of aromatic nitrogens is 4. The lowest BCUT2D eigenvalue weighted by molar-refractivity contribution is 0.0629. The van der Waals surface area contributed by atoms with E-state index in [2.05, 4.69) is 29.1 Å². The third-order valence-electron chi connectivity index (χ3n) is 4.79. The Morgan fingerprint density at radius 1 is 1.46 bits per heavy atom. The van der Waals surface area contributed by atoms with E-state index in [9.17, 15) is 4.79 Å². The van der Waals surface area contributed by atoms with Gasteiger partial charge in [-0.15, -0.1) is 0 Å². The lowest BCUT2D eigenvalue weighted by atomic mass is 10.0. The number of carbonyl (C=O) groups is 1. The maximum atomic E-state index is 12.7. The van der Waals surface area contributed by atoms with Crippen LogP contribution in [0, 0.1) is 13.8 Å². The highest BCUT2D eigenvalue weighted by Gasteiger charge is 2.29. The molecular weight excluding hydrogens is 306 g/mol. The van der Waals surface area contributed by atoms with Crippen LogP contribution in [0.4, 0.5) is 0 Å². The molecule has 2 aromatic rings. The Morgan fingerprint density at radius 3 is 2.92 bits per heavy atom. The molecule has 1 fully saturated rings. The van der Waals surface area contributed by atoms with Crippen molar-refractivity contribution in [3.05, 3.63) is 29.2 Å². The third-order valence-corrected chi connectivity index (χ3v) is 4.79. The molecule has 130 valence electrons. The summed E-state index contributed by atoms with van der Waals surface area (Å²) in [6.07, 6.45) is 2.92. The van der Waals surface area contributed by atoms with E-state index in [0.29, 0.717) is 18.2 Å². The summed E-state index contributed by atoms with van der Waals surface area (Å²) in [5.74, 6) is 2.20. The van der Waals surface area contributed by atoms with Crippen molar-refractivity contribution in [3.63, 3.8) is 0 Å². The molecule has 0 aliphatic carbocycles. The minimum atomic E-state index is -0.0868. The molecule has 7 nitrogen and oxygen atoms in total. The predicted molar refractivity (Wildman–Crippen MR) is 88.9 cm³/mol. The first-order valence-corrected chi connectivity index (χ1v) is 8.65. The Bertz CT molecular complexity index is 720. The van der Waals surface area contributed by atoms with Crippen molar-refractivity contribution in [2.75, 3.05) is 13.1 Å². The van der Waals surface area contributed by atoms with E-state index in [1.807, 2.05) is 23.4 Å². The second-order valence-electron chi connectivity index (χ2n) is 6.62. The Hall–Kier alpha value is -2.18. The first kappa shape index (κ1) is 16.7. The second-order valence-corrected chi connectivity index (χ2v) is 6.62. The largest absolute Gasteiger partial charge is 0.351 e. The summed E-state index contributed by atoms with van der Waals surface area (Å²) >= 11 is 0. The standard InChI is InChI=1S/C17H25N5O2/c1-5-11(2)15-9-16(24-20-15)17(23)21-8-6-7-14(10-21)22-13(4)18-12(3)19-22/h9,11,14H,5-8,10H2,1-4H3/t11-,14+/m1/s1. The van der Waals surface area contributed by atoms with Crippen molar-refractivity contribution in [2.45, 2.75) is 58.9 Å². The van der Waals surface area contributed by atoms with Gasteiger partial charge in [-0.25, -0.2) is 9.67 Å². The van der Waals surface area contributed by atoms with Gasteiger partial charge in [0.05, 0.1) is 11.7 Å². The maximum Gasteiger partial charge on any atom is 0.292 e. The monoisotopic (exact) mass is 331 g/mol. The summed E-state index contributed by atoms with van der Waals surface area (Å²) < 4.78 is 7.24. The molecular formula is C17H25N5O2. The summed E-state index contributed by atoms with van der Waals surface area (Å²) in [5, 5.41) is 8.52. The highest BCUT2D eigenvalue weighted by molar-refractivity contribution is 5.91. The molecule has 1 amide bonds. The SMILES string of the molecule is CC[C@@H](C)c1cc(C(=O)N2CCC[C@H](n3nc(C)nc3C)C2)on1. The van der Waals surface area contributed by atoms with Gasteiger partial charge in [0.2, 0.25) is 5.76 Å². The molecule has 0 aromatic carbocycles. The first-order chi connectivity index (χ1) is 11.5. The van der Waals surface area contributed by atoms with Crippen LogP contribution in [0.1, 0.15) is 73.0 Å². The summed E-state index contributed by atoms with van der Waals surface area (Å²) in [6.45, 7) is 9.39. The van der Waals surface area contributed by atoms with Crippen LogP contribution >= 0.6 is 0 Å². The van der Waals surface area contributed by atoms with Gasteiger partial charge < -0.3 is 9.42 Å². The van der Waals surface area contributed by atoms with E-state index in [4.69, 9.17) is 4.52 Å². The van der Waals surface area contributed by atoms with Crippen molar-refractivity contribution < 1.29 is 9.32 Å². The van der Waals surface area contributed by atoms with Crippen LogP contribution in [-0.4, -0.2) is 43.8 Å². The number of carbonyl (C=O) groups excluding carboxylic acids is 1. The fourth-order valence-electron chi connectivity index (χ4n) is 3.21. The molecule has 24 heavy (non-hydrogen) atoms. The zero-order valence-corrected chi connectivity index (χ0v) is 14.8. The molecule has 3 rings (SSSR count). The smallest absolute Gasteiger partial charge is 0.292 e. The zero-order valence-electron chi connectivity index (χ0n) is 14.8. The van der Waals surface area contributed by atoms with Crippen LogP contribution in [0.25, 0.3) is 0 Å². The normalized spacial score (nSPS) is 19.5. The summed E-state index contributed by atoms with van der Waals surface area (Å²) in [7, 11) is 0. The average Bonchev–Trinajstić information content (AvgIpc) is 3.20. The van der Waals surface area contributed by atoms with E-state index in [-0.39, 0.29) is 11.9 Å². The van der Waals surface area contributed by atoms with Gasteiger partial charge in [-0.05, 0) is 33.1 Å². The number of piperidine rings is 1. The lowest BCUT2D eigenvalue weighted by Crippen LogP contribution is -2.41. The summed E-state index contributed by atoms with van der Waals surface area (Å²) in [4.78, 5) is 18.9. The van der Waals surface area contributed by atoms with Crippen molar-refractivity contribution in [3.8, 4) is 0 Å². The number of rotatable bonds is 4. The van der Waals surface area contributed by atoms with Gasteiger partial charge in [0.1, 0.15) is 11.6 Å². The molecule has 2 aromatic heterocycles. The number of amides is 1. The predicted octanol–water partition coefficient (Wildman–Crippen LogP) is 2.87. The van der Waals surface area contributed by atoms with E-state index < -0.39 is 0 Å². The van der Waals surface area contributed by atoms with Crippen LogP contribution in [0.5, 0.6) is 0 Å². The Labute approximate surface area is 142 Å². The van der Waals surface area contributed by atoms with Crippen molar-refractivity contribution >= 4 is 5.91 Å². The van der Waals surface area contributed by atoms with Gasteiger partial charge in [0.15, 0.2) is 0 Å². The topological polar surface area (TPSA) is 77.0 Å². The number of hydrogen-bond donors (Lipinski definition) is 0. The van der Waals surface area contributed by atoms with Crippen LogP contribution in [0.3, 0.4) is 0 Å². The van der Waals surface area contributed by atoms with Gasteiger partial charge in [0.25, 0.3) is 5.91 Å². The zero-order chi connectivity index (χ0) is 17.3. The minimum Gasteiger partial charge on any atom is -0.351 e. The fraction of sp³-hybridized carbons (Fsp3) is 0.647. The molecule has 0 bridgehead atoms. The Kier molecular flexibility index (Phi) is 4.69. The van der Waals surface area contributed by atoms with Crippen molar-refractivity contribution in [1.29, 1.82) is 0 Å². The van der Waals surface area contributed by atoms with E-state index in [1.165, 1.54) is 0 Å². The van der Waals surface area contributed by atoms with E-state index in [0.717, 1.165) is 43.1 Å². The molecule has 3 heterocycles. The summed E-state index contributed by atoms with van der Waals surface area (Å²) in [5.41, 5.74) is 0.845. The van der Waals surface area contributed by atoms with Gasteiger partial charge in [-0.3, -0.25) is 4.79 Å². The van der Waals surface area contributed by atoms with Gasteiger partial charge >= 0.3 is 0 Å². The number of hydrogen-bond acceptors (Lipinski definition) is 5. The molecule has 0 saturated carbocycles. The molecule has 7 heteroatoms. The van der Waals surface area contributed by atoms with Crippen LogP contribution in [0.15, 0.2) is 10.6 Å². The molecule has 1 aliphatic heterocycles. The minimum absolute atomic E-state index is 0.0868. The maximum absolute atomic E-state index is 12.7. The van der Waals surface area contributed by atoms with Crippen molar-refractivity contribution in [2.24, 2.45) is 0 Å². The molecule has 1 aliphatic rings. The first-order valence-electron chi connectivity index (χ1n) is 8.65. The molecule has 1 saturated heterocycles. The highest BCUT2D eigenvalue weighted by atomic mass is 16.5. The molecule has 0 radical (unpaired) electrons. The van der Waals surface area contributed by atoms with E-state index in [1.54, 1.807) is 6.07 Å². The highest BCUT2D eigenvalue weighted by Crippen LogP contribution is 2.24. The molecule has 0 spiro atoms. The fourth-order valence-corrected chi connectivity index (χ4v) is 3.21. The second kappa shape index (κ2) is 6.75. The number of nitrogens with zero attached hydrogens (tertiary/aromatic N) is 5. The quantitative estimate of drug-likeness (QED) is 0.861. The Morgan fingerprint density at radius 2 is 2.25 bits per heavy atom. The lowest BCUT2D eigenvalue weighted by Gasteiger charge is -2.32. The van der Waals surface area contributed by atoms with Crippen LogP contribution in [-0.2, 0) is 0 Å².